The van der Waals surface area contributed by atoms with E-state index in [1.165, 1.54) is 24.8 Å². The number of hydrogen-bond acceptors (Lipinski definition) is 2. The van der Waals surface area contributed by atoms with Crippen molar-refractivity contribution in [3.63, 3.8) is 0 Å². The smallest absolute Gasteiger partial charge is 0.167 e. The van der Waals surface area contributed by atoms with Crippen LogP contribution in [0.5, 0.6) is 0 Å². The summed E-state index contributed by atoms with van der Waals surface area (Å²) >= 11 is 0. The predicted molar refractivity (Wildman–Crippen MR) is 77.1 cm³/mol. The number of benzene rings is 1. The van der Waals surface area contributed by atoms with Gasteiger partial charge in [0, 0.05) is 17.5 Å². The van der Waals surface area contributed by atoms with Gasteiger partial charge in [0.1, 0.15) is 0 Å². The molecule has 2 bridgehead atoms. The van der Waals surface area contributed by atoms with Crippen molar-refractivity contribution in [1.82, 2.24) is 0 Å². The normalized spacial score (nSPS) is 32.7. The molecule has 19 heavy (non-hydrogen) atoms. The highest BCUT2D eigenvalue weighted by atomic mass is 16.1. The van der Waals surface area contributed by atoms with E-state index < -0.39 is 0 Å². The first kappa shape index (κ1) is 12.9. The second-order valence-electron chi connectivity index (χ2n) is 6.25. The molecule has 2 N–H and O–H groups in total. The summed E-state index contributed by atoms with van der Waals surface area (Å²) < 4.78 is 0. The monoisotopic (exact) mass is 257 g/mol. The molecule has 2 fully saturated rings. The average Bonchev–Trinajstić information content (AvgIpc) is 2.99. The first-order valence-electron chi connectivity index (χ1n) is 7.59. The molecule has 0 aromatic heterocycles. The molecule has 1 aromatic rings. The zero-order valence-electron chi connectivity index (χ0n) is 11.6. The molecule has 0 amide bonds. The minimum absolute atomic E-state index is 0.0793. The van der Waals surface area contributed by atoms with Gasteiger partial charge in [0.15, 0.2) is 5.78 Å². The number of carbonyl (C=O) groups excluding carboxylic acids is 1. The maximum Gasteiger partial charge on any atom is 0.167 e. The lowest BCUT2D eigenvalue weighted by molar-refractivity contribution is 0.0856. The van der Waals surface area contributed by atoms with Crippen molar-refractivity contribution in [3.05, 3.63) is 35.4 Å². The number of nitrogens with two attached hydrogens (primary N) is 1. The van der Waals surface area contributed by atoms with Crippen molar-refractivity contribution in [2.45, 2.75) is 45.1 Å². The molecular weight excluding hydrogens is 234 g/mol. The fourth-order valence-electron chi connectivity index (χ4n) is 4.09. The zero-order chi connectivity index (χ0) is 13.4. The summed E-state index contributed by atoms with van der Waals surface area (Å²) in [6, 6.07) is 8.25. The van der Waals surface area contributed by atoms with Crippen LogP contribution in [0.3, 0.4) is 0 Å². The van der Waals surface area contributed by atoms with E-state index in [1.807, 2.05) is 12.1 Å². The molecule has 0 heterocycles. The second kappa shape index (κ2) is 5.09. The van der Waals surface area contributed by atoms with Gasteiger partial charge in [-0.1, -0.05) is 31.5 Å². The Balaban J connectivity index is 1.82. The highest BCUT2D eigenvalue weighted by molar-refractivity contribution is 5.99. The Morgan fingerprint density at radius 3 is 2.79 bits per heavy atom. The van der Waals surface area contributed by atoms with Gasteiger partial charge >= 0.3 is 0 Å². The molecule has 4 atom stereocenters. The fourth-order valence-corrected chi connectivity index (χ4v) is 4.09. The van der Waals surface area contributed by atoms with Gasteiger partial charge in [0.05, 0.1) is 0 Å². The molecule has 2 heteroatoms. The molecule has 2 nitrogen and oxygen atoms in total. The first-order valence-corrected chi connectivity index (χ1v) is 7.59. The van der Waals surface area contributed by atoms with Crippen LogP contribution in [0.25, 0.3) is 0 Å². The fraction of sp³-hybridized carbons (Fsp3) is 0.588. The van der Waals surface area contributed by atoms with Crippen molar-refractivity contribution in [2.75, 3.05) is 0 Å². The van der Waals surface area contributed by atoms with Gasteiger partial charge in [0.2, 0.25) is 0 Å². The van der Waals surface area contributed by atoms with E-state index in [-0.39, 0.29) is 17.7 Å². The lowest BCUT2D eigenvalue weighted by Crippen LogP contribution is -2.40. The van der Waals surface area contributed by atoms with Crippen LogP contribution in [0.15, 0.2) is 24.3 Å². The van der Waals surface area contributed by atoms with E-state index in [0.717, 1.165) is 18.4 Å². The minimum Gasteiger partial charge on any atom is -0.327 e. The number of fused-ring (bicyclic) bond motifs is 2. The van der Waals surface area contributed by atoms with Crippen LogP contribution in [-0.2, 0) is 6.42 Å². The summed E-state index contributed by atoms with van der Waals surface area (Å²) in [6.07, 6.45) is 5.76. The van der Waals surface area contributed by atoms with E-state index in [0.29, 0.717) is 11.8 Å². The molecule has 3 rings (SSSR count). The van der Waals surface area contributed by atoms with Crippen molar-refractivity contribution < 1.29 is 4.79 Å². The van der Waals surface area contributed by atoms with Crippen molar-refractivity contribution >= 4 is 5.78 Å². The Morgan fingerprint density at radius 1 is 1.32 bits per heavy atom. The molecule has 0 aliphatic heterocycles. The van der Waals surface area contributed by atoms with Crippen molar-refractivity contribution in [1.29, 1.82) is 0 Å². The molecule has 2 aliphatic rings. The lowest BCUT2D eigenvalue weighted by Gasteiger charge is -2.27. The molecule has 2 aliphatic carbocycles. The molecule has 4 unspecified atom stereocenters. The van der Waals surface area contributed by atoms with Crippen LogP contribution in [0, 0.1) is 17.8 Å². The number of carbonyl (C=O) groups is 1. The van der Waals surface area contributed by atoms with Gasteiger partial charge in [-0.05, 0) is 49.1 Å². The van der Waals surface area contributed by atoms with Crippen molar-refractivity contribution in [3.8, 4) is 0 Å². The van der Waals surface area contributed by atoms with E-state index in [2.05, 4.69) is 19.1 Å². The summed E-state index contributed by atoms with van der Waals surface area (Å²) in [5, 5.41) is 0. The highest BCUT2D eigenvalue weighted by Gasteiger charge is 2.48. The molecule has 0 radical (unpaired) electrons. The lowest BCUT2D eigenvalue weighted by atomic mass is 9.80. The topological polar surface area (TPSA) is 43.1 Å². The minimum atomic E-state index is 0.0793. The SMILES string of the molecule is CCCc1cccc(C(=O)C2C3CCC(C3)C2N)c1. The number of rotatable bonds is 4. The molecule has 0 saturated heterocycles. The quantitative estimate of drug-likeness (QED) is 0.842. The third-order valence-corrected chi connectivity index (χ3v) is 5.03. The maximum atomic E-state index is 12.7. The summed E-state index contributed by atoms with van der Waals surface area (Å²) in [5.41, 5.74) is 8.42. The van der Waals surface area contributed by atoms with E-state index in [1.54, 1.807) is 0 Å². The Morgan fingerprint density at radius 2 is 2.11 bits per heavy atom. The highest BCUT2D eigenvalue weighted by Crippen LogP contribution is 2.48. The molecule has 102 valence electrons. The Labute approximate surface area is 115 Å². The number of ketones is 1. The van der Waals surface area contributed by atoms with Crippen LogP contribution >= 0.6 is 0 Å². The van der Waals surface area contributed by atoms with Crippen LogP contribution in [-0.4, -0.2) is 11.8 Å². The standard InChI is InChI=1S/C17H23NO/c1-2-4-11-5-3-6-14(9-11)17(19)15-12-7-8-13(10-12)16(15)18/h3,5-6,9,12-13,15-16H,2,4,7-8,10,18H2,1H3. The maximum absolute atomic E-state index is 12.7. The van der Waals surface area contributed by atoms with Crippen LogP contribution < -0.4 is 5.73 Å². The van der Waals surface area contributed by atoms with Gasteiger partial charge in [-0.3, -0.25) is 4.79 Å². The molecule has 2 saturated carbocycles. The Bertz CT molecular complexity index is 480. The van der Waals surface area contributed by atoms with E-state index >= 15 is 0 Å². The van der Waals surface area contributed by atoms with Crippen LogP contribution in [0.1, 0.15) is 48.5 Å². The van der Waals surface area contributed by atoms with Gasteiger partial charge in [-0.2, -0.15) is 0 Å². The Hall–Kier alpha value is -1.15. The van der Waals surface area contributed by atoms with Gasteiger partial charge < -0.3 is 5.73 Å². The molecular formula is C17H23NO. The van der Waals surface area contributed by atoms with Gasteiger partial charge in [0.25, 0.3) is 0 Å². The van der Waals surface area contributed by atoms with Crippen molar-refractivity contribution in [2.24, 2.45) is 23.5 Å². The first-order chi connectivity index (χ1) is 9.20. The third kappa shape index (κ3) is 2.23. The summed E-state index contributed by atoms with van der Waals surface area (Å²) in [5.74, 6) is 1.51. The number of aryl methyl sites for hydroxylation is 1. The van der Waals surface area contributed by atoms with Gasteiger partial charge in [-0.15, -0.1) is 0 Å². The molecule has 1 aromatic carbocycles. The Kier molecular flexibility index (Phi) is 3.44. The summed E-state index contributed by atoms with van der Waals surface area (Å²) in [6.45, 7) is 2.17. The second-order valence-corrected chi connectivity index (χ2v) is 6.25. The summed E-state index contributed by atoms with van der Waals surface area (Å²) in [4.78, 5) is 12.7. The largest absolute Gasteiger partial charge is 0.327 e. The number of Topliss-reactive ketones (excluding diaryl/α,β-unsaturated/α-hetero) is 1. The van der Waals surface area contributed by atoms with E-state index in [4.69, 9.17) is 5.73 Å². The predicted octanol–water partition coefficient (Wildman–Crippen LogP) is 3.20. The van der Waals surface area contributed by atoms with Crippen LogP contribution in [0.4, 0.5) is 0 Å². The molecule has 0 spiro atoms. The van der Waals surface area contributed by atoms with Crippen LogP contribution in [0.2, 0.25) is 0 Å². The van der Waals surface area contributed by atoms with E-state index in [9.17, 15) is 4.79 Å². The zero-order valence-corrected chi connectivity index (χ0v) is 11.6. The summed E-state index contributed by atoms with van der Waals surface area (Å²) in [7, 11) is 0. The average molecular weight is 257 g/mol. The van der Waals surface area contributed by atoms with Gasteiger partial charge in [-0.25, -0.2) is 0 Å². The third-order valence-electron chi connectivity index (χ3n) is 5.03. The number of hydrogen-bond donors (Lipinski definition) is 1.